The van der Waals surface area contributed by atoms with Crippen LogP contribution in [-0.2, 0) is 5.75 Å². The molecule has 0 bridgehead atoms. The molecular formula is C22H18ClN3S. The fraction of sp³-hybridized carbons (Fsp3) is 0.0909. The molecule has 3 nitrogen and oxygen atoms in total. The lowest BCUT2D eigenvalue weighted by Crippen LogP contribution is -2.00. The fourth-order valence-corrected chi connectivity index (χ4v) is 3.83. The average Bonchev–Trinajstić information content (AvgIpc) is 3.13. The smallest absolute Gasteiger partial charge is 0.196 e. The van der Waals surface area contributed by atoms with Crippen molar-refractivity contribution in [2.24, 2.45) is 0 Å². The van der Waals surface area contributed by atoms with Gasteiger partial charge in [0.25, 0.3) is 0 Å². The monoisotopic (exact) mass is 391 g/mol. The van der Waals surface area contributed by atoms with E-state index < -0.39 is 0 Å². The van der Waals surface area contributed by atoms with Gasteiger partial charge in [-0.3, -0.25) is 4.57 Å². The molecule has 5 heteroatoms. The van der Waals surface area contributed by atoms with Crippen molar-refractivity contribution in [3.63, 3.8) is 0 Å². The van der Waals surface area contributed by atoms with E-state index in [9.17, 15) is 0 Å². The second-order valence-electron chi connectivity index (χ2n) is 6.26. The summed E-state index contributed by atoms with van der Waals surface area (Å²) >= 11 is 7.65. The molecule has 0 fully saturated rings. The number of hydrogen-bond donors (Lipinski definition) is 0. The Hall–Kier alpha value is -2.56. The molecule has 0 unspecified atom stereocenters. The summed E-state index contributed by atoms with van der Waals surface area (Å²) in [4.78, 5) is 0. The third kappa shape index (κ3) is 4.07. The van der Waals surface area contributed by atoms with Crippen LogP contribution in [-0.4, -0.2) is 14.8 Å². The molecule has 0 saturated heterocycles. The zero-order valence-electron chi connectivity index (χ0n) is 14.8. The summed E-state index contributed by atoms with van der Waals surface area (Å²) in [5, 5.41) is 10.6. The van der Waals surface area contributed by atoms with E-state index in [1.54, 1.807) is 11.8 Å². The zero-order chi connectivity index (χ0) is 18.6. The quantitative estimate of drug-likeness (QED) is 0.380. The molecule has 0 saturated carbocycles. The van der Waals surface area contributed by atoms with Gasteiger partial charge in [0.05, 0.1) is 0 Å². The molecule has 0 amide bonds. The third-order valence-corrected chi connectivity index (χ3v) is 5.49. The fourth-order valence-electron chi connectivity index (χ4n) is 2.79. The maximum absolute atomic E-state index is 5.98. The van der Waals surface area contributed by atoms with Crippen LogP contribution >= 0.6 is 23.4 Å². The van der Waals surface area contributed by atoms with Crippen LogP contribution in [0.4, 0.5) is 0 Å². The van der Waals surface area contributed by atoms with Crippen molar-refractivity contribution in [1.82, 2.24) is 14.8 Å². The van der Waals surface area contributed by atoms with Gasteiger partial charge in [-0.1, -0.05) is 83.5 Å². The van der Waals surface area contributed by atoms with Gasteiger partial charge < -0.3 is 0 Å². The normalized spacial score (nSPS) is 10.9. The first-order chi connectivity index (χ1) is 13.2. The summed E-state index contributed by atoms with van der Waals surface area (Å²) in [7, 11) is 0. The Labute approximate surface area is 168 Å². The number of thioether (sulfide) groups is 1. The highest BCUT2D eigenvalue weighted by Crippen LogP contribution is 2.30. The first kappa shape index (κ1) is 17.8. The van der Waals surface area contributed by atoms with Crippen molar-refractivity contribution in [2.75, 3.05) is 0 Å². The first-order valence-electron chi connectivity index (χ1n) is 8.66. The molecule has 0 spiro atoms. The van der Waals surface area contributed by atoms with Crippen molar-refractivity contribution in [2.45, 2.75) is 17.8 Å². The summed E-state index contributed by atoms with van der Waals surface area (Å²) in [6, 6.07) is 26.5. The zero-order valence-corrected chi connectivity index (χ0v) is 16.4. The van der Waals surface area contributed by atoms with E-state index in [1.165, 1.54) is 11.1 Å². The second-order valence-corrected chi connectivity index (χ2v) is 7.64. The molecule has 0 atom stereocenters. The molecule has 1 heterocycles. The number of halogens is 1. The summed E-state index contributed by atoms with van der Waals surface area (Å²) in [6.45, 7) is 2.09. The maximum Gasteiger partial charge on any atom is 0.196 e. The second kappa shape index (κ2) is 7.99. The van der Waals surface area contributed by atoms with E-state index in [0.717, 1.165) is 33.0 Å². The summed E-state index contributed by atoms with van der Waals surface area (Å²) in [6.07, 6.45) is 0. The highest BCUT2D eigenvalue weighted by molar-refractivity contribution is 7.98. The molecule has 1 aromatic heterocycles. The molecule has 0 aliphatic heterocycles. The van der Waals surface area contributed by atoms with Crippen LogP contribution in [0.3, 0.4) is 0 Å². The number of nitrogens with zero attached hydrogens (tertiary/aromatic N) is 3. The van der Waals surface area contributed by atoms with E-state index in [-0.39, 0.29) is 0 Å². The minimum Gasteiger partial charge on any atom is -0.270 e. The van der Waals surface area contributed by atoms with Gasteiger partial charge >= 0.3 is 0 Å². The number of aryl methyl sites for hydroxylation is 1. The molecule has 4 aromatic rings. The van der Waals surface area contributed by atoms with Gasteiger partial charge in [0.2, 0.25) is 0 Å². The van der Waals surface area contributed by atoms with Gasteiger partial charge in [-0.2, -0.15) is 0 Å². The van der Waals surface area contributed by atoms with Gasteiger partial charge in [-0.05, 0) is 36.8 Å². The van der Waals surface area contributed by atoms with E-state index in [2.05, 4.69) is 58.1 Å². The number of benzene rings is 3. The molecule has 0 N–H and O–H groups in total. The van der Waals surface area contributed by atoms with Crippen molar-refractivity contribution < 1.29 is 0 Å². The van der Waals surface area contributed by atoms with Gasteiger partial charge in [-0.15, -0.1) is 10.2 Å². The molecule has 0 aliphatic rings. The SMILES string of the molecule is Cc1ccc(-n2c(SCc3ccc(Cl)cc3)nnc2-c2ccccc2)cc1. The average molecular weight is 392 g/mol. The van der Waals surface area contributed by atoms with Crippen LogP contribution < -0.4 is 0 Å². The summed E-state index contributed by atoms with van der Waals surface area (Å²) < 4.78 is 2.12. The maximum atomic E-state index is 5.98. The Bertz CT molecular complexity index is 1030. The highest BCUT2D eigenvalue weighted by Gasteiger charge is 2.16. The summed E-state index contributed by atoms with van der Waals surface area (Å²) in [5.74, 6) is 1.65. The van der Waals surface area contributed by atoms with Crippen molar-refractivity contribution in [3.8, 4) is 17.1 Å². The molecule has 134 valence electrons. The Morgan fingerprint density at radius 1 is 0.852 bits per heavy atom. The minimum absolute atomic E-state index is 0.748. The highest BCUT2D eigenvalue weighted by atomic mass is 35.5. The van der Waals surface area contributed by atoms with Gasteiger partial charge in [0.15, 0.2) is 11.0 Å². The standard InChI is InChI=1S/C22H18ClN3S/c1-16-7-13-20(14-8-16)26-21(18-5-3-2-4-6-18)24-25-22(26)27-15-17-9-11-19(23)12-10-17/h2-14H,15H2,1H3. The van der Waals surface area contributed by atoms with Crippen LogP contribution in [0, 0.1) is 6.92 Å². The van der Waals surface area contributed by atoms with Gasteiger partial charge in [0.1, 0.15) is 0 Å². The number of aromatic nitrogens is 3. The molecule has 0 radical (unpaired) electrons. The van der Waals surface area contributed by atoms with Gasteiger partial charge in [-0.25, -0.2) is 0 Å². The van der Waals surface area contributed by atoms with E-state index in [4.69, 9.17) is 11.6 Å². The Morgan fingerprint density at radius 2 is 1.56 bits per heavy atom. The van der Waals surface area contributed by atoms with Crippen LogP contribution in [0.25, 0.3) is 17.1 Å². The Morgan fingerprint density at radius 3 is 2.26 bits per heavy atom. The Kier molecular flexibility index (Phi) is 5.28. The first-order valence-corrected chi connectivity index (χ1v) is 10.0. The third-order valence-electron chi connectivity index (χ3n) is 4.24. The summed E-state index contributed by atoms with van der Waals surface area (Å²) in [5.41, 5.74) is 4.53. The number of hydrogen-bond acceptors (Lipinski definition) is 3. The van der Waals surface area contributed by atoms with Gasteiger partial charge in [0, 0.05) is 22.0 Å². The van der Waals surface area contributed by atoms with Crippen molar-refractivity contribution in [1.29, 1.82) is 0 Å². The lowest BCUT2D eigenvalue weighted by atomic mass is 10.2. The lowest BCUT2D eigenvalue weighted by Gasteiger charge is -2.11. The van der Waals surface area contributed by atoms with E-state index >= 15 is 0 Å². The van der Waals surface area contributed by atoms with Crippen LogP contribution in [0.1, 0.15) is 11.1 Å². The van der Waals surface area contributed by atoms with E-state index in [1.807, 2.05) is 42.5 Å². The molecular weight excluding hydrogens is 374 g/mol. The molecule has 0 aliphatic carbocycles. The van der Waals surface area contributed by atoms with Crippen molar-refractivity contribution in [3.05, 3.63) is 95.0 Å². The van der Waals surface area contributed by atoms with Crippen LogP contribution in [0.15, 0.2) is 84.0 Å². The largest absolute Gasteiger partial charge is 0.270 e. The molecule has 4 rings (SSSR count). The van der Waals surface area contributed by atoms with Crippen LogP contribution in [0.2, 0.25) is 5.02 Å². The topological polar surface area (TPSA) is 30.7 Å². The molecule has 3 aromatic carbocycles. The van der Waals surface area contributed by atoms with E-state index in [0.29, 0.717) is 0 Å². The van der Waals surface area contributed by atoms with Crippen LogP contribution in [0.5, 0.6) is 0 Å². The predicted octanol–water partition coefficient (Wildman–Crippen LogP) is 6.19. The van der Waals surface area contributed by atoms with Crippen molar-refractivity contribution >= 4 is 23.4 Å². The lowest BCUT2D eigenvalue weighted by molar-refractivity contribution is 0.885. The number of rotatable bonds is 5. The molecule has 27 heavy (non-hydrogen) atoms. The minimum atomic E-state index is 0.748. The Balaban J connectivity index is 1.71. The predicted molar refractivity (Wildman–Crippen MR) is 113 cm³/mol.